The maximum absolute atomic E-state index is 8.22. The average Bonchev–Trinajstić information content (AvgIpc) is 3.60. The molecule has 0 unspecified atom stereocenters. The fourth-order valence-corrected chi connectivity index (χ4v) is 6.79. The van der Waals surface area contributed by atoms with Crippen LogP contribution < -0.4 is 14.5 Å². The number of aromatic nitrogens is 2. The molecule has 7 rings (SSSR count). The van der Waals surface area contributed by atoms with Gasteiger partial charge in [0.2, 0.25) is 0 Å². The van der Waals surface area contributed by atoms with Gasteiger partial charge in [0, 0.05) is 45.9 Å². The lowest BCUT2D eigenvalue weighted by atomic mass is 9.84. The molecule has 6 aromatic rings. The van der Waals surface area contributed by atoms with Crippen LogP contribution in [0, 0.1) is 0 Å². The second kappa shape index (κ2) is 11.2. The largest absolute Gasteiger partial charge is 0.457 e. The molecule has 0 saturated carbocycles. The predicted octanol–water partition coefficient (Wildman–Crippen LogP) is 11.4. The SMILES string of the molecule is [2H]C([2H])([2H])N1CN(c2cc(Oc3ccc4c5c(C(C)(C)C)cccc5n(-c5cc(C(C)(C)C)ccn5)c4c3)cc(C(C)(C)C)c2)c2ccccc21. The van der Waals surface area contributed by atoms with Crippen molar-refractivity contribution >= 4 is 38.9 Å². The van der Waals surface area contributed by atoms with Crippen LogP contribution in [0.2, 0.25) is 0 Å². The van der Waals surface area contributed by atoms with Crippen molar-refractivity contribution in [1.82, 2.24) is 9.55 Å². The van der Waals surface area contributed by atoms with Crippen LogP contribution in [-0.2, 0) is 16.2 Å². The summed E-state index contributed by atoms with van der Waals surface area (Å²) in [6.45, 7) is 17.9. The highest BCUT2D eigenvalue weighted by molar-refractivity contribution is 6.11. The zero-order valence-corrected chi connectivity index (χ0v) is 29.6. The molecule has 48 heavy (non-hydrogen) atoms. The molecule has 5 heteroatoms. The number of anilines is 3. The number of rotatable bonds is 4. The molecule has 1 aliphatic rings. The van der Waals surface area contributed by atoms with Crippen molar-refractivity contribution in [3.8, 4) is 17.3 Å². The van der Waals surface area contributed by atoms with E-state index in [1.54, 1.807) is 0 Å². The van der Waals surface area contributed by atoms with E-state index < -0.39 is 6.98 Å². The molecule has 2 aromatic heterocycles. The summed E-state index contributed by atoms with van der Waals surface area (Å²) >= 11 is 0. The van der Waals surface area contributed by atoms with Crippen molar-refractivity contribution in [3.63, 3.8) is 0 Å². The van der Waals surface area contributed by atoms with Crippen LogP contribution in [0.4, 0.5) is 17.1 Å². The normalized spacial score (nSPS) is 15.1. The molecule has 5 nitrogen and oxygen atoms in total. The highest BCUT2D eigenvalue weighted by Gasteiger charge is 2.27. The number of hydrogen-bond acceptors (Lipinski definition) is 4. The fourth-order valence-electron chi connectivity index (χ4n) is 6.79. The van der Waals surface area contributed by atoms with Crippen LogP contribution in [0.1, 0.15) is 83.1 Å². The monoisotopic (exact) mass is 639 g/mol. The van der Waals surface area contributed by atoms with Crippen LogP contribution >= 0.6 is 0 Å². The van der Waals surface area contributed by atoms with E-state index >= 15 is 0 Å². The van der Waals surface area contributed by atoms with E-state index in [9.17, 15) is 0 Å². The van der Waals surface area contributed by atoms with Crippen molar-refractivity contribution < 1.29 is 8.85 Å². The van der Waals surface area contributed by atoms with Gasteiger partial charge in [-0.05, 0) is 87.5 Å². The van der Waals surface area contributed by atoms with Gasteiger partial charge in [0.1, 0.15) is 17.3 Å². The van der Waals surface area contributed by atoms with Gasteiger partial charge in [-0.25, -0.2) is 4.98 Å². The molecule has 0 radical (unpaired) electrons. The molecule has 3 heterocycles. The third kappa shape index (κ3) is 5.59. The van der Waals surface area contributed by atoms with Crippen molar-refractivity contribution in [1.29, 1.82) is 0 Å². The van der Waals surface area contributed by atoms with Gasteiger partial charge in [-0.3, -0.25) is 4.57 Å². The lowest BCUT2D eigenvalue weighted by Gasteiger charge is -2.25. The highest BCUT2D eigenvalue weighted by atomic mass is 16.5. The van der Waals surface area contributed by atoms with Gasteiger partial charge in [0.25, 0.3) is 0 Å². The summed E-state index contributed by atoms with van der Waals surface area (Å²) < 4.78 is 33.7. The molecule has 4 aromatic carbocycles. The summed E-state index contributed by atoms with van der Waals surface area (Å²) in [7, 11) is 0. The van der Waals surface area contributed by atoms with E-state index in [0.717, 1.165) is 39.2 Å². The molecule has 0 N–H and O–H groups in total. The Labute approximate surface area is 290 Å². The van der Waals surface area contributed by atoms with Crippen molar-refractivity contribution in [2.24, 2.45) is 0 Å². The molecule has 1 aliphatic heterocycles. The van der Waals surface area contributed by atoms with Crippen LogP contribution in [0.25, 0.3) is 27.6 Å². The molecule has 0 fully saturated rings. The molecule has 0 saturated heterocycles. The van der Waals surface area contributed by atoms with E-state index in [0.29, 0.717) is 17.2 Å². The topological polar surface area (TPSA) is 33.5 Å². The number of benzene rings is 4. The summed E-state index contributed by atoms with van der Waals surface area (Å²) in [5, 5.41) is 2.37. The van der Waals surface area contributed by atoms with Crippen molar-refractivity contribution in [2.45, 2.75) is 78.6 Å². The third-order valence-corrected chi connectivity index (χ3v) is 9.46. The quantitative estimate of drug-likeness (QED) is 0.192. The minimum atomic E-state index is -2.27. The van der Waals surface area contributed by atoms with Crippen LogP contribution in [0.5, 0.6) is 11.5 Å². The van der Waals surface area contributed by atoms with Crippen LogP contribution in [-0.4, -0.2) is 23.2 Å². The first-order chi connectivity index (χ1) is 23.8. The van der Waals surface area contributed by atoms with Gasteiger partial charge in [-0.1, -0.05) is 86.6 Å². The Hall–Kier alpha value is -4.77. The molecule has 0 aliphatic carbocycles. The maximum atomic E-state index is 8.22. The average molecular weight is 640 g/mol. The Morgan fingerprint density at radius 2 is 1.42 bits per heavy atom. The summed E-state index contributed by atoms with van der Waals surface area (Å²) in [5.74, 6) is 2.26. The first kappa shape index (κ1) is 28.3. The molecule has 0 bridgehead atoms. The zero-order valence-electron chi connectivity index (χ0n) is 32.6. The predicted molar refractivity (Wildman–Crippen MR) is 203 cm³/mol. The summed E-state index contributed by atoms with van der Waals surface area (Å²) in [6, 6.07) is 31.2. The van der Waals surface area contributed by atoms with Crippen LogP contribution in [0.15, 0.2) is 97.2 Å². The number of fused-ring (bicyclic) bond motifs is 4. The molecule has 0 amide bonds. The van der Waals surface area contributed by atoms with Gasteiger partial charge in [-0.2, -0.15) is 0 Å². The molecular weight excluding hydrogens is 589 g/mol. The Kier molecular flexibility index (Phi) is 6.57. The fraction of sp³-hybridized carbons (Fsp3) is 0.326. The third-order valence-electron chi connectivity index (χ3n) is 9.46. The lowest BCUT2D eigenvalue weighted by Crippen LogP contribution is -2.24. The number of ether oxygens (including phenoxy) is 1. The highest BCUT2D eigenvalue weighted by Crippen LogP contribution is 2.44. The van der Waals surface area contributed by atoms with E-state index in [2.05, 4.69) is 132 Å². The zero-order chi connectivity index (χ0) is 36.7. The maximum Gasteiger partial charge on any atom is 0.137 e. The van der Waals surface area contributed by atoms with E-state index in [-0.39, 0.29) is 22.9 Å². The van der Waals surface area contributed by atoms with Gasteiger partial charge in [0.05, 0.1) is 29.1 Å². The lowest BCUT2D eigenvalue weighted by molar-refractivity contribution is 0.479. The Bertz CT molecular complexity index is 2280. The second-order valence-corrected chi connectivity index (χ2v) is 16.2. The van der Waals surface area contributed by atoms with Gasteiger partial charge in [0.15, 0.2) is 0 Å². The van der Waals surface area contributed by atoms with Crippen LogP contribution in [0.3, 0.4) is 0 Å². The standard InChI is InChI=1S/C43H48N4O/c1-41(2,3)28-20-21-44-39(24-28)47-37-17-13-14-34(43(7,8)9)40(37)33-19-18-31(26-38(33)47)48-32-23-29(42(4,5)6)22-30(25-32)46-27-45(10)35-15-11-12-16-36(35)46/h11-26H,27H2,1-10H3/i10D3. The van der Waals surface area contributed by atoms with Crippen molar-refractivity contribution in [3.05, 3.63) is 114 Å². The second-order valence-electron chi connectivity index (χ2n) is 16.2. The Balaban J connectivity index is 1.39. The summed E-state index contributed by atoms with van der Waals surface area (Å²) in [4.78, 5) is 8.45. The summed E-state index contributed by atoms with van der Waals surface area (Å²) in [6.07, 6.45) is 1.91. The first-order valence-corrected chi connectivity index (χ1v) is 16.8. The number of nitrogens with zero attached hydrogens (tertiary/aromatic N) is 4. The number of hydrogen-bond donors (Lipinski definition) is 0. The minimum Gasteiger partial charge on any atom is -0.457 e. The molecular formula is C43H48N4O. The van der Waals surface area contributed by atoms with E-state index in [1.807, 2.05) is 36.5 Å². The number of para-hydroxylation sites is 2. The van der Waals surface area contributed by atoms with E-state index in [4.69, 9.17) is 13.8 Å². The smallest absolute Gasteiger partial charge is 0.137 e. The van der Waals surface area contributed by atoms with Crippen molar-refractivity contribution in [2.75, 3.05) is 23.4 Å². The van der Waals surface area contributed by atoms with Gasteiger partial charge < -0.3 is 14.5 Å². The van der Waals surface area contributed by atoms with E-state index in [1.165, 1.54) is 21.4 Å². The first-order valence-electron chi connectivity index (χ1n) is 18.3. The summed E-state index contributed by atoms with van der Waals surface area (Å²) in [5.41, 5.74) is 7.86. The molecule has 246 valence electrons. The Morgan fingerprint density at radius 1 is 0.667 bits per heavy atom. The molecule has 0 atom stereocenters. The molecule has 0 spiro atoms. The van der Waals surface area contributed by atoms with Gasteiger partial charge >= 0.3 is 0 Å². The minimum absolute atomic E-state index is 0.0343. The number of pyridine rings is 1. The van der Waals surface area contributed by atoms with Gasteiger partial charge in [-0.15, -0.1) is 0 Å². The Morgan fingerprint density at radius 3 is 2.12 bits per heavy atom.